The van der Waals surface area contributed by atoms with Gasteiger partial charge < -0.3 is 10.6 Å². The lowest BCUT2D eigenvalue weighted by Crippen LogP contribution is -2.38. The van der Waals surface area contributed by atoms with Gasteiger partial charge in [0, 0.05) is 5.69 Å². The molecule has 0 radical (unpaired) electrons. The van der Waals surface area contributed by atoms with Crippen molar-refractivity contribution < 1.29 is 4.79 Å². The van der Waals surface area contributed by atoms with Gasteiger partial charge in [0.25, 0.3) is 0 Å². The predicted molar refractivity (Wildman–Crippen MR) is 85.4 cm³/mol. The van der Waals surface area contributed by atoms with Crippen molar-refractivity contribution in [1.29, 1.82) is 0 Å². The Morgan fingerprint density at radius 2 is 1.76 bits per heavy atom. The highest BCUT2D eigenvalue weighted by Crippen LogP contribution is 2.45. The molecule has 1 saturated carbocycles. The molecule has 1 aliphatic carbocycles. The molecule has 2 aromatic rings. The smallest absolute Gasteiger partial charge is 0.319 e. The van der Waals surface area contributed by atoms with Gasteiger partial charge in [0.15, 0.2) is 0 Å². The highest BCUT2D eigenvalue weighted by atomic mass is 16.2. The third-order valence-corrected chi connectivity index (χ3v) is 4.06. The molecule has 2 N–H and O–H groups in total. The summed E-state index contributed by atoms with van der Waals surface area (Å²) in [6, 6.07) is 16.1. The van der Waals surface area contributed by atoms with Crippen molar-refractivity contribution in [2.75, 3.05) is 5.32 Å². The molecule has 1 fully saturated rings. The van der Waals surface area contributed by atoms with Gasteiger partial charge in [-0.15, -0.1) is 0 Å². The number of anilines is 1. The second kappa shape index (κ2) is 5.24. The van der Waals surface area contributed by atoms with Gasteiger partial charge in [0.05, 0.1) is 5.54 Å². The molecule has 0 saturated heterocycles. The topological polar surface area (TPSA) is 41.1 Å². The summed E-state index contributed by atoms with van der Waals surface area (Å²) in [5.41, 5.74) is 4.14. The number of nitrogens with one attached hydrogen (secondary N) is 2. The van der Waals surface area contributed by atoms with Gasteiger partial charge in [-0.1, -0.05) is 48.0 Å². The van der Waals surface area contributed by atoms with E-state index in [2.05, 4.69) is 28.8 Å². The largest absolute Gasteiger partial charge is 0.328 e. The van der Waals surface area contributed by atoms with Crippen LogP contribution in [0.15, 0.2) is 48.5 Å². The van der Waals surface area contributed by atoms with Gasteiger partial charge in [-0.3, -0.25) is 0 Å². The quantitative estimate of drug-likeness (QED) is 0.872. The minimum absolute atomic E-state index is 0.136. The van der Waals surface area contributed by atoms with Crippen LogP contribution in [-0.4, -0.2) is 6.03 Å². The molecule has 108 valence electrons. The summed E-state index contributed by atoms with van der Waals surface area (Å²) in [6.45, 7) is 4.05. The van der Waals surface area contributed by atoms with E-state index in [0.717, 1.165) is 24.1 Å². The van der Waals surface area contributed by atoms with Crippen LogP contribution in [0.4, 0.5) is 10.5 Å². The van der Waals surface area contributed by atoms with Crippen molar-refractivity contribution in [3.8, 4) is 0 Å². The zero-order chi connectivity index (χ0) is 14.9. The second-order valence-corrected chi connectivity index (χ2v) is 5.85. The molecule has 0 aromatic heterocycles. The third-order valence-electron chi connectivity index (χ3n) is 4.06. The SMILES string of the molecule is Cc1ccc(NC(=O)NC2(c3ccccc3)CC2)c(C)c1. The fraction of sp³-hybridized carbons (Fsp3) is 0.278. The number of amides is 2. The average Bonchev–Trinajstić information content (AvgIpc) is 3.24. The molecule has 2 aromatic carbocycles. The van der Waals surface area contributed by atoms with Crippen LogP contribution in [0.3, 0.4) is 0 Å². The average molecular weight is 280 g/mol. The summed E-state index contributed by atoms with van der Waals surface area (Å²) in [5, 5.41) is 6.08. The molecular formula is C18H20N2O. The number of rotatable bonds is 3. The molecule has 3 rings (SSSR count). The Morgan fingerprint density at radius 3 is 2.38 bits per heavy atom. The number of hydrogen-bond acceptors (Lipinski definition) is 1. The standard InChI is InChI=1S/C18H20N2O/c1-13-8-9-16(14(2)12-13)19-17(21)20-18(10-11-18)15-6-4-3-5-7-15/h3-9,12H,10-11H2,1-2H3,(H2,19,20,21). The van der Waals surface area contributed by atoms with Crippen molar-refractivity contribution in [2.45, 2.75) is 32.2 Å². The fourth-order valence-electron chi connectivity index (χ4n) is 2.69. The minimum atomic E-state index is -0.177. The Kier molecular flexibility index (Phi) is 3.42. The molecule has 0 unspecified atom stereocenters. The summed E-state index contributed by atoms with van der Waals surface area (Å²) in [6.07, 6.45) is 1.99. The Labute approximate surface area is 125 Å². The summed E-state index contributed by atoms with van der Waals surface area (Å²) >= 11 is 0. The molecule has 0 bridgehead atoms. The van der Waals surface area contributed by atoms with E-state index in [-0.39, 0.29) is 11.6 Å². The number of urea groups is 1. The first kappa shape index (κ1) is 13.7. The number of aryl methyl sites for hydroxylation is 2. The van der Waals surface area contributed by atoms with E-state index in [1.807, 2.05) is 44.2 Å². The molecular weight excluding hydrogens is 260 g/mol. The lowest BCUT2D eigenvalue weighted by atomic mass is 10.1. The van der Waals surface area contributed by atoms with E-state index in [1.54, 1.807) is 0 Å². The van der Waals surface area contributed by atoms with Crippen molar-refractivity contribution in [3.05, 3.63) is 65.2 Å². The van der Waals surface area contributed by atoms with Gasteiger partial charge >= 0.3 is 6.03 Å². The highest BCUT2D eigenvalue weighted by Gasteiger charge is 2.45. The molecule has 3 nitrogen and oxygen atoms in total. The Morgan fingerprint density at radius 1 is 1.05 bits per heavy atom. The second-order valence-electron chi connectivity index (χ2n) is 5.85. The van der Waals surface area contributed by atoms with Crippen molar-refractivity contribution >= 4 is 11.7 Å². The monoisotopic (exact) mass is 280 g/mol. The molecule has 1 aliphatic rings. The molecule has 3 heteroatoms. The first-order chi connectivity index (χ1) is 10.1. The predicted octanol–water partition coefficient (Wildman–Crippen LogP) is 4.11. The maximum atomic E-state index is 12.3. The van der Waals surface area contributed by atoms with Crippen LogP contribution in [0, 0.1) is 13.8 Å². The number of benzene rings is 2. The van der Waals surface area contributed by atoms with Crippen LogP contribution in [0.5, 0.6) is 0 Å². The van der Waals surface area contributed by atoms with Crippen LogP contribution in [0.2, 0.25) is 0 Å². The first-order valence-electron chi connectivity index (χ1n) is 7.31. The lowest BCUT2D eigenvalue weighted by molar-refractivity contribution is 0.247. The van der Waals surface area contributed by atoms with Crippen molar-refractivity contribution in [1.82, 2.24) is 5.32 Å². The maximum absolute atomic E-state index is 12.3. The summed E-state index contributed by atoms with van der Waals surface area (Å²) in [7, 11) is 0. The number of carbonyl (C=O) groups excluding carboxylic acids is 1. The van der Waals surface area contributed by atoms with Crippen LogP contribution >= 0.6 is 0 Å². The van der Waals surface area contributed by atoms with E-state index >= 15 is 0 Å². The normalized spacial score (nSPS) is 15.3. The Bertz CT molecular complexity index is 660. The molecule has 0 atom stereocenters. The van der Waals surface area contributed by atoms with Gasteiger partial charge in [-0.25, -0.2) is 4.79 Å². The van der Waals surface area contributed by atoms with Crippen molar-refractivity contribution in [2.24, 2.45) is 0 Å². The number of hydrogen-bond donors (Lipinski definition) is 2. The third kappa shape index (κ3) is 2.92. The zero-order valence-corrected chi connectivity index (χ0v) is 12.4. The van der Waals surface area contributed by atoms with Crippen molar-refractivity contribution in [3.63, 3.8) is 0 Å². The molecule has 0 spiro atoms. The van der Waals surface area contributed by atoms with E-state index in [0.29, 0.717) is 0 Å². The summed E-state index contributed by atoms with van der Waals surface area (Å²) in [5.74, 6) is 0. The van der Waals surface area contributed by atoms with Crippen LogP contribution < -0.4 is 10.6 Å². The van der Waals surface area contributed by atoms with Crippen LogP contribution in [0.25, 0.3) is 0 Å². The maximum Gasteiger partial charge on any atom is 0.319 e. The Hall–Kier alpha value is -2.29. The minimum Gasteiger partial charge on any atom is -0.328 e. The van der Waals surface area contributed by atoms with Crippen LogP contribution in [-0.2, 0) is 5.54 Å². The molecule has 0 heterocycles. The van der Waals surface area contributed by atoms with Crippen LogP contribution in [0.1, 0.15) is 29.5 Å². The van der Waals surface area contributed by atoms with E-state index < -0.39 is 0 Å². The lowest BCUT2D eigenvalue weighted by Gasteiger charge is -2.19. The fourth-order valence-corrected chi connectivity index (χ4v) is 2.69. The van der Waals surface area contributed by atoms with E-state index in [9.17, 15) is 4.79 Å². The molecule has 2 amide bonds. The Balaban J connectivity index is 1.70. The van der Waals surface area contributed by atoms with E-state index in [1.165, 1.54) is 11.1 Å². The summed E-state index contributed by atoms with van der Waals surface area (Å²) < 4.78 is 0. The first-order valence-corrected chi connectivity index (χ1v) is 7.31. The van der Waals surface area contributed by atoms with Gasteiger partial charge in [0.1, 0.15) is 0 Å². The number of carbonyl (C=O) groups is 1. The summed E-state index contributed by atoms with van der Waals surface area (Å²) in [4.78, 5) is 12.3. The highest BCUT2D eigenvalue weighted by molar-refractivity contribution is 5.91. The molecule has 0 aliphatic heterocycles. The van der Waals surface area contributed by atoms with Gasteiger partial charge in [-0.05, 0) is 43.9 Å². The van der Waals surface area contributed by atoms with Gasteiger partial charge in [0.2, 0.25) is 0 Å². The zero-order valence-electron chi connectivity index (χ0n) is 12.4. The van der Waals surface area contributed by atoms with E-state index in [4.69, 9.17) is 0 Å². The molecule has 21 heavy (non-hydrogen) atoms. The van der Waals surface area contributed by atoms with Gasteiger partial charge in [-0.2, -0.15) is 0 Å².